The van der Waals surface area contributed by atoms with Crippen LogP contribution in [0.3, 0.4) is 0 Å². The molecule has 1 aliphatic rings. The third kappa shape index (κ3) is 1.99. The molecule has 1 rings (SSSR count). The first-order valence-corrected chi connectivity index (χ1v) is 4.45. The molecule has 3 nitrogen and oxygen atoms in total. The average molecular weight is 184 g/mol. The molecule has 13 heavy (non-hydrogen) atoms. The lowest BCUT2D eigenvalue weighted by atomic mass is 9.78. The van der Waals surface area contributed by atoms with Gasteiger partial charge in [0.1, 0.15) is 5.94 Å². The summed E-state index contributed by atoms with van der Waals surface area (Å²) < 4.78 is 0. The van der Waals surface area contributed by atoms with Gasteiger partial charge in [0.25, 0.3) is 0 Å². The van der Waals surface area contributed by atoms with Crippen LogP contribution in [-0.2, 0) is 4.79 Å². The molecule has 1 unspecified atom stereocenters. The Morgan fingerprint density at radius 3 is 2.54 bits per heavy atom. The van der Waals surface area contributed by atoms with E-state index in [-0.39, 0.29) is 11.7 Å². The maximum Gasteiger partial charge on any atom is 0.123 e. The zero-order valence-electron chi connectivity index (χ0n) is 9.05. The smallest absolute Gasteiger partial charge is 0.123 e. The van der Waals surface area contributed by atoms with Crippen LogP contribution in [-0.4, -0.2) is 30.0 Å². The second-order valence-electron chi connectivity index (χ2n) is 4.17. The molecule has 0 aromatic heterocycles. The molecule has 0 bridgehead atoms. The molecule has 1 heterocycles. The normalized spacial score (nSPS) is 27.7. The fraction of sp³-hybridized carbons (Fsp3) is 0.800. The van der Waals surface area contributed by atoms with Crippen LogP contribution in [0.5, 0.6) is 0 Å². The van der Waals surface area contributed by atoms with E-state index in [1.807, 2.05) is 0 Å². The van der Waals surface area contributed by atoms with E-state index in [1.165, 1.54) is 0 Å². The van der Waals surface area contributed by atoms with Gasteiger partial charge in [-0.3, -0.25) is 0 Å². The summed E-state index contributed by atoms with van der Waals surface area (Å²) in [5.74, 6) is 2.40. The lowest BCUT2D eigenvalue weighted by molar-refractivity contribution is 0.0885. The van der Waals surface area contributed by atoms with Crippen molar-refractivity contribution in [2.45, 2.75) is 32.7 Å². The van der Waals surface area contributed by atoms with E-state index in [9.17, 15) is 4.79 Å². The Morgan fingerprint density at radius 2 is 2.08 bits per heavy atom. The molecule has 1 fully saturated rings. The van der Waals surface area contributed by atoms with Crippen LogP contribution in [0.15, 0.2) is 5.57 Å². The maximum absolute atomic E-state index is 10.6. The Bertz CT molecular complexity index is 229. The summed E-state index contributed by atoms with van der Waals surface area (Å²) in [5.41, 5.74) is 1.04. The average Bonchev–Trinajstić information content (AvgIpc) is 2.02. The van der Waals surface area contributed by atoms with Crippen molar-refractivity contribution >= 4 is 5.94 Å². The Balaban J connectivity index is 0.00000144. The molecule has 0 amide bonds. The van der Waals surface area contributed by atoms with Gasteiger partial charge in [-0.05, 0) is 27.3 Å². The minimum atomic E-state index is 0. The predicted molar refractivity (Wildman–Crippen MR) is 54.7 cm³/mol. The summed E-state index contributed by atoms with van der Waals surface area (Å²) in [6.45, 7) is 7.43. The Morgan fingerprint density at radius 1 is 1.54 bits per heavy atom. The molecule has 3 N–H and O–H groups in total. The van der Waals surface area contributed by atoms with Crippen molar-refractivity contribution in [3.8, 4) is 0 Å². The predicted octanol–water partition coefficient (Wildman–Crippen LogP) is 1.66. The molecular weight excluding hydrogens is 164 g/mol. The lowest BCUT2D eigenvalue weighted by Gasteiger charge is -2.45. The first kappa shape index (κ1) is 12.4. The molecule has 0 aliphatic carbocycles. The van der Waals surface area contributed by atoms with Crippen LogP contribution < -0.4 is 6.15 Å². The molecule has 0 spiro atoms. The monoisotopic (exact) mass is 184 g/mol. The van der Waals surface area contributed by atoms with Gasteiger partial charge in [-0.15, -0.1) is 0 Å². The molecule has 0 saturated carbocycles. The Hall–Kier alpha value is -0.630. The summed E-state index contributed by atoms with van der Waals surface area (Å²) in [6.07, 6.45) is 0.880. The highest BCUT2D eigenvalue weighted by Crippen LogP contribution is 2.33. The summed E-state index contributed by atoms with van der Waals surface area (Å²) in [5, 5.41) is 0. The summed E-state index contributed by atoms with van der Waals surface area (Å²) in [7, 11) is 2.11. The summed E-state index contributed by atoms with van der Waals surface area (Å²) >= 11 is 0. The topological polar surface area (TPSA) is 55.3 Å². The molecule has 1 atom stereocenters. The van der Waals surface area contributed by atoms with Gasteiger partial charge in [0.2, 0.25) is 0 Å². The van der Waals surface area contributed by atoms with Crippen molar-refractivity contribution in [1.29, 1.82) is 0 Å². The molecule has 0 aromatic carbocycles. The third-order valence-corrected chi connectivity index (χ3v) is 3.41. The molecule has 1 aliphatic heterocycles. The van der Waals surface area contributed by atoms with E-state index in [2.05, 4.69) is 38.7 Å². The fourth-order valence-corrected chi connectivity index (χ4v) is 1.69. The van der Waals surface area contributed by atoms with Gasteiger partial charge in [-0.1, -0.05) is 6.92 Å². The standard InChI is InChI=1S/C10H17NO.H3N/c1-8-9(7-12)5-6-11(4)10(8,2)3;/h8H,5-6H2,1-4H3;1H3. The van der Waals surface area contributed by atoms with Crippen LogP contribution >= 0.6 is 0 Å². The van der Waals surface area contributed by atoms with E-state index < -0.39 is 0 Å². The van der Waals surface area contributed by atoms with Gasteiger partial charge >= 0.3 is 0 Å². The maximum atomic E-state index is 10.6. The van der Waals surface area contributed by atoms with Crippen molar-refractivity contribution in [2.24, 2.45) is 5.92 Å². The highest BCUT2D eigenvalue weighted by atomic mass is 16.1. The van der Waals surface area contributed by atoms with Crippen molar-refractivity contribution < 1.29 is 4.79 Å². The SMILES string of the molecule is CC1C(=C=O)CCN(C)C1(C)C.N. The third-order valence-electron chi connectivity index (χ3n) is 3.41. The minimum Gasteiger partial charge on any atom is -0.344 e. The highest BCUT2D eigenvalue weighted by Gasteiger charge is 2.36. The van der Waals surface area contributed by atoms with Crippen LogP contribution in [0.25, 0.3) is 0 Å². The molecule has 1 saturated heterocycles. The number of likely N-dealkylation sites (tertiary alicyclic amines) is 1. The Labute approximate surface area is 80.4 Å². The summed E-state index contributed by atoms with van der Waals surface area (Å²) in [4.78, 5) is 12.9. The Kier molecular flexibility index (Phi) is 3.86. The summed E-state index contributed by atoms with van der Waals surface area (Å²) in [6, 6.07) is 0. The second kappa shape index (κ2) is 4.05. The zero-order chi connectivity index (χ0) is 9.35. The van der Waals surface area contributed by atoms with E-state index in [0.717, 1.165) is 18.5 Å². The van der Waals surface area contributed by atoms with Gasteiger partial charge in [-0.2, -0.15) is 0 Å². The van der Waals surface area contributed by atoms with Gasteiger partial charge in [0.15, 0.2) is 0 Å². The quantitative estimate of drug-likeness (QED) is 0.582. The van der Waals surface area contributed by atoms with Gasteiger partial charge in [-0.25, -0.2) is 4.79 Å². The van der Waals surface area contributed by atoms with E-state index in [0.29, 0.717) is 5.92 Å². The van der Waals surface area contributed by atoms with E-state index in [1.54, 1.807) is 0 Å². The number of piperidine rings is 1. The van der Waals surface area contributed by atoms with Crippen LogP contribution in [0, 0.1) is 5.92 Å². The molecule has 76 valence electrons. The van der Waals surface area contributed by atoms with E-state index >= 15 is 0 Å². The first-order chi connectivity index (χ1) is 5.50. The van der Waals surface area contributed by atoms with E-state index in [4.69, 9.17) is 0 Å². The van der Waals surface area contributed by atoms with Crippen molar-refractivity contribution in [3.05, 3.63) is 5.57 Å². The van der Waals surface area contributed by atoms with Crippen LogP contribution in [0.2, 0.25) is 0 Å². The molecule has 3 heteroatoms. The molecule has 0 aromatic rings. The number of hydrogen-bond acceptors (Lipinski definition) is 3. The van der Waals surface area contributed by atoms with Crippen LogP contribution in [0.1, 0.15) is 27.2 Å². The zero-order valence-corrected chi connectivity index (χ0v) is 9.05. The molecular formula is C10H20N2O. The second-order valence-corrected chi connectivity index (χ2v) is 4.17. The number of hydrogen-bond donors (Lipinski definition) is 1. The first-order valence-electron chi connectivity index (χ1n) is 4.45. The number of rotatable bonds is 0. The van der Waals surface area contributed by atoms with Crippen molar-refractivity contribution in [2.75, 3.05) is 13.6 Å². The minimum absolute atomic E-state index is 0. The fourth-order valence-electron chi connectivity index (χ4n) is 1.69. The van der Waals surface area contributed by atoms with Crippen LogP contribution in [0.4, 0.5) is 0 Å². The number of nitrogens with zero attached hydrogens (tertiary/aromatic N) is 1. The van der Waals surface area contributed by atoms with Crippen molar-refractivity contribution in [1.82, 2.24) is 11.1 Å². The number of carbonyl (C=O) groups excluding carboxylic acids is 1. The van der Waals surface area contributed by atoms with Gasteiger partial charge < -0.3 is 11.1 Å². The lowest BCUT2D eigenvalue weighted by Crippen LogP contribution is -2.51. The van der Waals surface area contributed by atoms with Crippen molar-refractivity contribution in [3.63, 3.8) is 0 Å². The van der Waals surface area contributed by atoms with Gasteiger partial charge in [0, 0.05) is 23.6 Å². The molecule has 0 radical (unpaired) electrons. The van der Waals surface area contributed by atoms with Gasteiger partial charge in [0.05, 0.1) is 0 Å². The highest BCUT2D eigenvalue weighted by molar-refractivity contribution is 5.54. The largest absolute Gasteiger partial charge is 0.344 e.